The van der Waals surface area contributed by atoms with Crippen LogP contribution >= 0.6 is 11.8 Å². The normalized spacial score (nSPS) is 10.8. The number of carbonyl (C=O) groups excluding carboxylic acids is 1. The summed E-state index contributed by atoms with van der Waals surface area (Å²) in [5.41, 5.74) is 2.58. The molecule has 0 aliphatic heterocycles. The zero-order valence-electron chi connectivity index (χ0n) is 18.2. The molecule has 31 heavy (non-hydrogen) atoms. The number of benzene rings is 2. The van der Waals surface area contributed by atoms with Crippen LogP contribution in [0.5, 0.6) is 5.75 Å². The molecule has 2 aromatic carbocycles. The van der Waals surface area contributed by atoms with E-state index >= 15 is 0 Å². The topological polar surface area (TPSA) is 69.0 Å². The van der Waals surface area contributed by atoms with Crippen LogP contribution in [0.3, 0.4) is 0 Å². The monoisotopic (exact) mass is 436 g/mol. The van der Waals surface area contributed by atoms with Gasteiger partial charge >= 0.3 is 0 Å². The van der Waals surface area contributed by atoms with E-state index in [1.807, 2.05) is 59.2 Å². The zero-order chi connectivity index (χ0) is 22.2. The lowest BCUT2D eigenvalue weighted by Crippen LogP contribution is -2.28. The number of amides is 1. The van der Waals surface area contributed by atoms with Crippen molar-refractivity contribution in [3.05, 3.63) is 72.3 Å². The molecule has 1 aromatic heterocycles. The highest BCUT2D eigenvalue weighted by Crippen LogP contribution is 2.29. The fourth-order valence-electron chi connectivity index (χ4n) is 3.07. The van der Waals surface area contributed by atoms with Gasteiger partial charge < -0.3 is 10.1 Å². The van der Waals surface area contributed by atoms with Gasteiger partial charge in [-0.3, -0.25) is 9.36 Å². The number of nitrogens with zero attached hydrogens (tertiary/aromatic N) is 3. The van der Waals surface area contributed by atoms with E-state index in [4.69, 9.17) is 4.74 Å². The lowest BCUT2D eigenvalue weighted by Gasteiger charge is -2.12. The maximum Gasteiger partial charge on any atom is 0.251 e. The number of thioether (sulfide) groups is 1. The highest BCUT2D eigenvalue weighted by molar-refractivity contribution is 7.98. The number of methoxy groups -OCH3 is 1. The molecule has 1 amide bonds. The van der Waals surface area contributed by atoms with Crippen molar-refractivity contribution in [2.75, 3.05) is 13.7 Å². The van der Waals surface area contributed by atoms with Gasteiger partial charge in [-0.05, 0) is 29.7 Å². The molecule has 0 saturated carbocycles. The third kappa shape index (κ3) is 5.76. The molecule has 0 radical (unpaired) electrons. The van der Waals surface area contributed by atoms with E-state index in [0.717, 1.165) is 27.9 Å². The van der Waals surface area contributed by atoms with E-state index in [1.54, 1.807) is 18.9 Å². The molecule has 0 saturated heterocycles. The minimum Gasteiger partial charge on any atom is -0.497 e. The van der Waals surface area contributed by atoms with Gasteiger partial charge in [-0.25, -0.2) is 0 Å². The molecule has 1 heterocycles. The largest absolute Gasteiger partial charge is 0.497 e. The predicted molar refractivity (Wildman–Crippen MR) is 125 cm³/mol. The summed E-state index contributed by atoms with van der Waals surface area (Å²) in [6.07, 6.45) is 1.82. The average molecular weight is 437 g/mol. The van der Waals surface area contributed by atoms with Crippen LogP contribution in [0.4, 0.5) is 0 Å². The molecule has 0 fully saturated rings. The Bertz CT molecular complexity index is 1050. The first-order chi connectivity index (χ1) is 15.0. The zero-order valence-corrected chi connectivity index (χ0v) is 19.0. The van der Waals surface area contributed by atoms with E-state index in [1.165, 1.54) is 0 Å². The molecule has 0 spiro atoms. The van der Waals surface area contributed by atoms with Gasteiger partial charge in [0.05, 0.1) is 7.11 Å². The van der Waals surface area contributed by atoms with Crippen LogP contribution in [-0.4, -0.2) is 34.3 Å². The summed E-state index contributed by atoms with van der Waals surface area (Å²) in [5, 5.41) is 12.6. The number of hydrogen-bond acceptors (Lipinski definition) is 5. The lowest BCUT2D eigenvalue weighted by atomic mass is 10.1. The average Bonchev–Trinajstić information content (AvgIpc) is 3.19. The molecule has 1 N–H and O–H groups in total. The minimum absolute atomic E-state index is 0.0467. The molecule has 0 aliphatic rings. The quantitative estimate of drug-likeness (QED) is 0.365. The van der Waals surface area contributed by atoms with Crippen LogP contribution in [-0.2, 0) is 12.3 Å². The minimum atomic E-state index is -0.0467. The second kappa shape index (κ2) is 10.8. The Hall–Kier alpha value is -3.06. The lowest BCUT2D eigenvalue weighted by molar-refractivity contribution is 0.0948. The Morgan fingerprint density at radius 3 is 2.77 bits per heavy atom. The van der Waals surface area contributed by atoms with Crippen LogP contribution in [0.2, 0.25) is 0 Å². The standard InChI is InChI=1S/C24H28N4O2S/c1-5-13-28-22(18-10-8-11-20(14-18)30-4)26-27-24(28)31-16-19-9-6-7-12-21(19)23(29)25-15-17(2)3/h5-12,14,17H,1,13,15-16H2,2-4H3,(H,25,29). The van der Waals surface area contributed by atoms with Crippen molar-refractivity contribution in [3.63, 3.8) is 0 Å². The van der Waals surface area contributed by atoms with Crippen LogP contribution < -0.4 is 10.1 Å². The Kier molecular flexibility index (Phi) is 7.89. The maximum absolute atomic E-state index is 12.6. The van der Waals surface area contributed by atoms with Crippen molar-refractivity contribution in [2.45, 2.75) is 31.3 Å². The van der Waals surface area contributed by atoms with Gasteiger partial charge in [0.1, 0.15) is 5.75 Å². The van der Waals surface area contributed by atoms with Crippen LogP contribution in [0.15, 0.2) is 66.3 Å². The number of allylic oxidation sites excluding steroid dienone is 1. The highest BCUT2D eigenvalue weighted by Gasteiger charge is 2.16. The van der Waals surface area contributed by atoms with E-state index in [2.05, 4.69) is 35.9 Å². The van der Waals surface area contributed by atoms with E-state index < -0.39 is 0 Å². The summed E-state index contributed by atoms with van der Waals surface area (Å²) in [4.78, 5) is 12.6. The Morgan fingerprint density at radius 2 is 2.03 bits per heavy atom. The number of carbonyl (C=O) groups is 1. The van der Waals surface area contributed by atoms with Gasteiger partial charge in [0.2, 0.25) is 0 Å². The first kappa shape index (κ1) is 22.6. The first-order valence-electron chi connectivity index (χ1n) is 10.2. The summed E-state index contributed by atoms with van der Waals surface area (Å²) in [7, 11) is 1.64. The molecule has 162 valence electrons. The molecular formula is C24H28N4O2S. The molecule has 3 aromatic rings. The Labute approximate surface area is 187 Å². The smallest absolute Gasteiger partial charge is 0.251 e. The Morgan fingerprint density at radius 1 is 1.23 bits per heavy atom. The second-order valence-electron chi connectivity index (χ2n) is 7.49. The maximum atomic E-state index is 12.6. The summed E-state index contributed by atoms with van der Waals surface area (Å²) in [5.74, 6) is 2.48. The molecule has 0 aliphatic carbocycles. The molecular weight excluding hydrogens is 408 g/mol. The molecule has 7 heteroatoms. The number of nitrogens with one attached hydrogen (secondary N) is 1. The summed E-state index contributed by atoms with van der Waals surface area (Å²) in [6.45, 7) is 9.26. The van der Waals surface area contributed by atoms with Crippen molar-refractivity contribution >= 4 is 17.7 Å². The summed E-state index contributed by atoms with van der Waals surface area (Å²) in [6, 6.07) is 15.4. The van der Waals surface area contributed by atoms with Crippen molar-refractivity contribution in [2.24, 2.45) is 5.92 Å². The van der Waals surface area contributed by atoms with Crippen molar-refractivity contribution < 1.29 is 9.53 Å². The van der Waals surface area contributed by atoms with Crippen LogP contribution in [0, 0.1) is 5.92 Å². The van der Waals surface area contributed by atoms with E-state index in [0.29, 0.717) is 30.3 Å². The first-order valence-corrected chi connectivity index (χ1v) is 11.2. The molecule has 0 unspecified atom stereocenters. The highest BCUT2D eigenvalue weighted by atomic mass is 32.2. The van der Waals surface area contributed by atoms with Crippen LogP contribution in [0.1, 0.15) is 29.8 Å². The van der Waals surface area contributed by atoms with E-state index in [9.17, 15) is 4.79 Å². The summed E-state index contributed by atoms with van der Waals surface area (Å²) >= 11 is 1.55. The third-order valence-corrected chi connectivity index (χ3v) is 5.66. The predicted octanol–water partition coefficient (Wildman–Crippen LogP) is 4.82. The van der Waals surface area contributed by atoms with Gasteiger partial charge in [0.25, 0.3) is 5.91 Å². The van der Waals surface area contributed by atoms with Gasteiger partial charge in [0, 0.05) is 30.0 Å². The fourth-order valence-corrected chi connectivity index (χ4v) is 4.02. The van der Waals surface area contributed by atoms with Crippen molar-refractivity contribution in [3.8, 4) is 17.1 Å². The van der Waals surface area contributed by atoms with Crippen LogP contribution in [0.25, 0.3) is 11.4 Å². The number of hydrogen-bond donors (Lipinski definition) is 1. The molecule has 6 nitrogen and oxygen atoms in total. The van der Waals surface area contributed by atoms with Gasteiger partial charge in [-0.1, -0.05) is 62.0 Å². The second-order valence-corrected chi connectivity index (χ2v) is 8.43. The molecule has 0 bridgehead atoms. The SMILES string of the molecule is C=CCn1c(SCc2ccccc2C(=O)NCC(C)C)nnc1-c1cccc(OC)c1. The molecule has 0 atom stereocenters. The number of aromatic nitrogens is 3. The van der Waals surface area contributed by atoms with Gasteiger partial charge in [-0.15, -0.1) is 16.8 Å². The van der Waals surface area contributed by atoms with Gasteiger partial charge in [-0.2, -0.15) is 0 Å². The Balaban J connectivity index is 1.82. The van der Waals surface area contributed by atoms with Crippen molar-refractivity contribution in [1.29, 1.82) is 0 Å². The van der Waals surface area contributed by atoms with E-state index in [-0.39, 0.29) is 5.91 Å². The molecule has 3 rings (SSSR count). The van der Waals surface area contributed by atoms with Gasteiger partial charge in [0.15, 0.2) is 11.0 Å². The number of ether oxygens (including phenoxy) is 1. The third-order valence-electron chi connectivity index (χ3n) is 4.65. The summed E-state index contributed by atoms with van der Waals surface area (Å²) < 4.78 is 7.36. The van der Waals surface area contributed by atoms with Crippen molar-refractivity contribution in [1.82, 2.24) is 20.1 Å². The number of rotatable bonds is 10. The fraction of sp³-hybridized carbons (Fsp3) is 0.292.